The topological polar surface area (TPSA) is 112 Å². The number of anilines is 3. The second-order valence-corrected chi connectivity index (χ2v) is 7.73. The quantitative estimate of drug-likeness (QED) is 0.560. The average Bonchev–Trinajstić information content (AvgIpc) is 3.66. The van der Waals surface area contributed by atoms with Crippen molar-refractivity contribution in [2.75, 3.05) is 23.8 Å². The summed E-state index contributed by atoms with van der Waals surface area (Å²) in [6, 6.07) is 18.0. The van der Waals surface area contributed by atoms with E-state index in [9.17, 15) is 9.59 Å². The molecule has 32 heavy (non-hydrogen) atoms. The summed E-state index contributed by atoms with van der Waals surface area (Å²) in [4.78, 5) is 31.8. The van der Waals surface area contributed by atoms with Gasteiger partial charge >= 0.3 is 0 Å². The molecule has 160 valence electrons. The van der Waals surface area contributed by atoms with Crippen LogP contribution in [0.3, 0.4) is 0 Å². The highest BCUT2D eigenvalue weighted by Crippen LogP contribution is 2.52. The number of Topliss-reactive ketones (excluding diaryl/α,β-unsaturated/α-hetero) is 1. The summed E-state index contributed by atoms with van der Waals surface area (Å²) in [6.45, 7) is -0.187. The third kappa shape index (κ3) is 3.72. The average molecular weight is 425 g/mol. The summed E-state index contributed by atoms with van der Waals surface area (Å²) in [5.74, 6) is -0.268. The Morgan fingerprint density at radius 2 is 1.94 bits per heavy atom. The fourth-order valence-corrected chi connectivity index (χ4v) is 3.96. The number of carbonyl (C=O) groups is 2. The summed E-state index contributed by atoms with van der Waals surface area (Å²) in [5, 5.41) is 12.2. The molecular weight excluding hydrogens is 402 g/mol. The number of rotatable bonds is 7. The van der Waals surface area contributed by atoms with E-state index in [1.807, 2.05) is 18.2 Å². The highest BCUT2D eigenvalue weighted by molar-refractivity contribution is 6.07. The van der Waals surface area contributed by atoms with Crippen molar-refractivity contribution in [2.24, 2.45) is 5.73 Å². The lowest BCUT2D eigenvalue weighted by atomic mass is 9.87. The van der Waals surface area contributed by atoms with Gasteiger partial charge in [0, 0.05) is 30.7 Å². The maximum absolute atomic E-state index is 13.3. The first-order valence-corrected chi connectivity index (χ1v) is 10.3. The molecule has 7 nitrogen and oxygen atoms in total. The number of pyridine rings is 1. The Morgan fingerprint density at radius 3 is 2.50 bits per heavy atom. The van der Waals surface area contributed by atoms with Gasteiger partial charge in [0.25, 0.3) is 0 Å². The summed E-state index contributed by atoms with van der Waals surface area (Å²) < 4.78 is 0. The minimum Gasteiger partial charge on any atom is -0.386 e. The number of ketones is 1. The van der Waals surface area contributed by atoms with Gasteiger partial charge in [0.05, 0.1) is 35.0 Å². The number of nitrogens with two attached hydrogens (primary N) is 1. The molecule has 3 aromatic rings. The lowest BCUT2D eigenvalue weighted by Crippen LogP contribution is -2.33. The van der Waals surface area contributed by atoms with Gasteiger partial charge in [-0.1, -0.05) is 6.07 Å². The van der Waals surface area contributed by atoms with Gasteiger partial charge in [0.1, 0.15) is 0 Å². The second kappa shape index (κ2) is 8.61. The molecule has 3 N–H and O–H groups in total. The van der Waals surface area contributed by atoms with Crippen LogP contribution in [-0.4, -0.2) is 30.3 Å². The lowest BCUT2D eigenvalue weighted by molar-refractivity contribution is -0.116. The molecular formula is C25H23N5O2. The number of carbonyl (C=O) groups excluding carboxylic acids is 2. The minimum atomic E-state index is -0.619. The second-order valence-electron chi connectivity index (χ2n) is 7.73. The van der Waals surface area contributed by atoms with E-state index >= 15 is 0 Å². The fraction of sp³-hybridized carbons (Fsp3) is 0.200. The molecule has 0 radical (unpaired) electrons. The van der Waals surface area contributed by atoms with E-state index in [-0.39, 0.29) is 18.2 Å². The van der Waals surface area contributed by atoms with E-state index < -0.39 is 5.41 Å². The molecule has 0 atom stereocenters. The van der Waals surface area contributed by atoms with Crippen LogP contribution in [0.4, 0.5) is 17.1 Å². The van der Waals surface area contributed by atoms with Gasteiger partial charge < -0.3 is 11.1 Å². The van der Waals surface area contributed by atoms with Crippen molar-refractivity contribution in [3.8, 4) is 6.07 Å². The van der Waals surface area contributed by atoms with E-state index in [1.54, 1.807) is 55.8 Å². The number of hydrogen-bond acceptors (Lipinski definition) is 6. The molecule has 0 spiro atoms. The highest BCUT2D eigenvalue weighted by Gasteiger charge is 2.51. The Hall–Kier alpha value is -4.02. The molecule has 1 fully saturated rings. The summed E-state index contributed by atoms with van der Waals surface area (Å²) in [5.41, 5.74) is 8.96. The van der Waals surface area contributed by atoms with E-state index in [1.165, 1.54) is 4.90 Å². The zero-order chi connectivity index (χ0) is 22.7. The number of nitrogens with zero attached hydrogens (tertiary/aromatic N) is 3. The molecule has 1 aliphatic rings. The van der Waals surface area contributed by atoms with Gasteiger partial charge in [-0.3, -0.25) is 19.5 Å². The molecule has 1 amide bonds. The Kier molecular flexibility index (Phi) is 5.71. The molecule has 0 saturated heterocycles. The predicted molar refractivity (Wildman–Crippen MR) is 123 cm³/mol. The van der Waals surface area contributed by atoms with Gasteiger partial charge in [0.2, 0.25) is 5.91 Å². The van der Waals surface area contributed by atoms with Crippen LogP contribution in [0.5, 0.6) is 0 Å². The van der Waals surface area contributed by atoms with Gasteiger partial charge in [-0.15, -0.1) is 0 Å². The first-order valence-electron chi connectivity index (χ1n) is 10.3. The molecule has 7 heteroatoms. The molecule has 0 bridgehead atoms. The minimum absolute atomic E-state index is 0.0313. The van der Waals surface area contributed by atoms with Gasteiger partial charge in [-0.2, -0.15) is 5.26 Å². The Labute approximate surface area is 186 Å². The van der Waals surface area contributed by atoms with Crippen LogP contribution in [0.25, 0.3) is 0 Å². The normalized spacial score (nSPS) is 13.7. The molecule has 0 aliphatic heterocycles. The first kappa shape index (κ1) is 21.2. The molecule has 1 saturated carbocycles. The third-order valence-corrected chi connectivity index (χ3v) is 5.85. The number of hydrogen-bond donors (Lipinski definition) is 2. The zero-order valence-electron chi connectivity index (χ0n) is 17.7. The molecule has 0 unspecified atom stereocenters. The van der Waals surface area contributed by atoms with Crippen LogP contribution in [0.2, 0.25) is 0 Å². The molecule has 4 rings (SSSR count). The van der Waals surface area contributed by atoms with E-state index in [0.717, 1.165) is 24.1 Å². The molecule has 1 aromatic heterocycles. The maximum atomic E-state index is 13.3. The van der Waals surface area contributed by atoms with E-state index in [4.69, 9.17) is 11.0 Å². The molecule has 1 heterocycles. The standard InChI is InChI=1S/C25H23N5O2/c1-28-21-9-6-19(25(10-11-25)24(32)18-3-2-12-29-16-18)13-22(21)30(23(31)15-27)20-7-4-17(14-26)5-8-20/h2-9,12-13,16,28H,10-11,15,27H2,1H3. The van der Waals surface area contributed by atoms with Crippen LogP contribution in [-0.2, 0) is 10.2 Å². The number of nitrogens with one attached hydrogen (secondary N) is 1. The van der Waals surface area contributed by atoms with Gasteiger partial charge in [-0.25, -0.2) is 0 Å². The first-order chi connectivity index (χ1) is 15.5. The van der Waals surface area contributed by atoms with Crippen LogP contribution >= 0.6 is 0 Å². The van der Waals surface area contributed by atoms with Crippen LogP contribution in [0.15, 0.2) is 67.0 Å². The Morgan fingerprint density at radius 1 is 1.19 bits per heavy atom. The van der Waals surface area contributed by atoms with Crippen LogP contribution in [0, 0.1) is 11.3 Å². The maximum Gasteiger partial charge on any atom is 0.245 e. The molecule has 1 aliphatic carbocycles. The zero-order valence-corrected chi connectivity index (χ0v) is 17.7. The fourth-order valence-electron chi connectivity index (χ4n) is 3.96. The Balaban J connectivity index is 1.81. The highest BCUT2D eigenvalue weighted by atomic mass is 16.2. The predicted octanol–water partition coefficient (Wildman–Crippen LogP) is 3.53. The van der Waals surface area contributed by atoms with Crippen molar-refractivity contribution in [1.82, 2.24) is 4.98 Å². The van der Waals surface area contributed by atoms with Crippen molar-refractivity contribution in [3.05, 3.63) is 83.7 Å². The number of amides is 1. The third-order valence-electron chi connectivity index (χ3n) is 5.85. The Bertz CT molecular complexity index is 1200. The van der Waals surface area contributed by atoms with Crippen molar-refractivity contribution >= 4 is 28.8 Å². The summed E-state index contributed by atoms with van der Waals surface area (Å²) in [6.07, 6.45) is 4.71. The largest absolute Gasteiger partial charge is 0.386 e. The van der Waals surface area contributed by atoms with Crippen molar-refractivity contribution in [3.63, 3.8) is 0 Å². The van der Waals surface area contributed by atoms with Crippen molar-refractivity contribution in [1.29, 1.82) is 5.26 Å². The van der Waals surface area contributed by atoms with Gasteiger partial charge in [-0.05, 0) is 66.9 Å². The number of nitriles is 1. The van der Waals surface area contributed by atoms with Gasteiger partial charge in [0.15, 0.2) is 5.78 Å². The van der Waals surface area contributed by atoms with Crippen LogP contribution in [0.1, 0.15) is 34.3 Å². The lowest BCUT2D eigenvalue weighted by Gasteiger charge is -2.27. The van der Waals surface area contributed by atoms with Crippen LogP contribution < -0.4 is 16.0 Å². The van der Waals surface area contributed by atoms with E-state index in [0.29, 0.717) is 22.5 Å². The van der Waals surface area contributed by atoms with Crippen molar-refractivity contribution in [2.45, 2.75) is 18.3 Å². The van der Waals surface area contributed by atoms with E-state index in [2.05, 4.69) is 16.4 Å². The smallest absolute Gasteiger partial charge is 0.245 e. The summed E-state index contributed by atoms with van der Waals surface area (Å²) in [7, 11) is 1.77. The van der Waals surface area contributed by atoms with Crippen molar-refractivity contribution < 1.29 is 9.59 Å². The SMILES string of the molecule is CNc1ccc(C2(C(=O)c3cccnc3)CC2)cc1N(C(=O)CN)c1ccc(C#N)cc1. The summed E-state index contributed by atoms with van der Waals surface area (Å²) >= 11 is 0. The monoisotopic (exact) mass is 425 g/mol. The number of aromatic nitrogens is 1. The number of benzene rings is 2. The molecule has 2 aromatic carbocycles.